The second kappa shape index (κ2) is 7.78. The first-order valence-corrected chi connectivity index (χ1v) is 10.9. The summed E-state index contributed by atoms with van der Waals surface area (Å²) in [5.41, 5.74) is 2.80. The van der Waals surface area contributed by atoms with Crippen molar-refractivity contribution in [3.8, 4) is 23.1 Å². The van der Waals surface area contributed by atoms with Gasteiger partial charge in [-0.1, -0.05) is 24.1 Å². The van der Waals surface area contributed by atoms with Crippen molar-refractivity contribution in [3.05, 3.63) is 54.5 Å². The highest BCUT2D eigenvalue weighted by atomic mass is 32.2. The lowest BCUT2D eigenvalue weighted by Gasteiger charge is -2.28. The summed E-state index contributed by atoms with van der Waals surface area (Å²) < 4.78 is 30.1. The number of aromatic nitrogens is 3. The SMILES string of the molecule is CC#Cc1c(N2CCNCC2)cn(S(=O)(=O)c2ccccc2)c1-c1cnn(C)c1. The van der Waals surface area contributed by atoms with Gasteiger partial charge < -0.3 is 10.2 Å². The van der Waals surface area contributed by atoms with Gasteiger partial charge >= 0.3 is 0 Å². The van der Waals surface area contributed by atoms with Crippen LogP contribution in [0.4, 0.5) is 5.69 Å². The lowest BCUT2D eigenvalue weighted by Crippen LogP contribution is -2.43. The lowest BCUT2D eigenvalue weighted by atomic mass is 10.1. The summed E-state index contributed by atoms with van der Waals surface area (Å²) >= 11 is 0. The average molecular weight is 410 g/mol. The van der Waals surface area contributed by atoms with Crippen LogP contribution in [0, 0.1) is 11.8 Å². The predicted molar refractivity (Wildman–Crippen MR) is 113 cm³/mol. The molecule has 0 amide bonds. The number of nitrogens with one attached hydrogen (secondary N) is 1. The number of anilines is 1. The molecule has 0 radical (unpaired) electrons. The Kier molecular flexibility index (Phi) is 5.18. The molecule has 0 saturated carbocycles. The highest BCUT2D eigenvalue weighted by Crippen LogP contribution is 2.36. The number of rotatable bonds is 4. The Balaban J connectivity index is 2.00. The Bertz CT molecular complexity index is 1180. The Morgan fingerprint density at radius 3 is 2.45 bits per heavy atom. The molecule has 8 heteroatoms. The summed E-state index contributed by atoms with van der Waals surface area (Å²) in [5.74, 6) is 6.12. The predicted octanol–water partition coefficient (Wildman–Crippen LogP) is 1.91. The Morgan fingerprint density at radius 1 is 1.10 bits per heavy atom. The van der Waals surface area contributed by atoms with E-state index in [0.717, 1.165) is 31.9 Å². The molecule has 0 spiro atoms. The molecule has 0 bridgehead atoms. The van der Waals surface area contributed by atoms with Crippen molar-refractivity contribution in [2.45, 2.75) is 11.8 Å². The van der Waals surface area contributed by atoms with E-state index in [-0.39, 0.29) is 4.90 Å². The summed E-state index contributed by atoms with van der Waals surface area (Å²) in [7, 11) is -1.99. The Hall–Kier alpha value is -3.02. The highest BCUT2D eigenvalue weighted by Gasteiger charge is 2.28. The fourth-order valence-electron chi connectivity index (χ4n) is 3.58. The normalized spacial score (nSPS) is 14.5. The van der Waals surface area contributed by atoms with Crippen molar-refractivity contribution in [2.75, 3.05) is 31.1 Å². The summed E-state index contributed by atoms with van der Waals surface area (Å²) in [6, 6.07) is 8.47. The van der Waals surface area contributed by atoms with Gasteiger partial charge in [-0.25, -0.2) is 12.4 Å². The average Bonchev–Trinajstić information content (AvgIpc) is 3.33. The second-order valence-corrected chi connectivity index (χ2v) is 8.68. The monoisotopic (exact) mass is 409 g/mol. The maximum Gasteiger partial charge on any atom is 0.268 e. The molecule has 29 heavy (non-hydrogen) atoms. The number of piperazine rings is 1. The molecule has 0 aliphatic carbocycles. The molecule has 1 aliphatic heterocycles. The van der Waals surface area contributed by atoms with Gasteiger partial charge in [0, 0.05) is 51.2 Å². The van der Waals surface area contributed by atoms with Crippen LogP contribution < -0.4 is 10.2 Å². The summed E-state index contributed by atoms with van der Waals surface area (Å²) in [6.45, 7) is 5.04. The van der Waals surface area contributed by atoms with Crippen LogP contribution in [0.1, 0.15) is 12.5 Å². The first-order valence-electron chi connectivity index (χ1n) is 9.46. The first kappa shape index (κ1) is 19.3. The molecule has 4 rings (SSSR count). The molecule has 0 unspecified atom stereocenters. The highest BCUT2D eigenvalue weighted by molar-refractivity contribution is 7.90. The van der Waals surface area contributed by atoms with Crippen molar-refractivity contribution in [3.63, 3.8) is 0 Å². The second-order valence-electron chi connectivity index (χ2n) is 6.87. The van der Waals surface area contributed by atoms with Crippen molar-refractivity contribution < 1.29 is 8.42 Å². The van der Waals surface area contributed by atoms with Gasteiger partial charge in [-0.05, 0) is 19.1 Å². The summed E-state index contributed by atoms with van der Waals surface area (Å²) in [6.07, 6.45) is 5.19. The van der Waals surface area contributed by atoms with Gasteiger partial charge in [-0.2, -0.15) is 5.10 Å². The van der Waals surface area contributed by atoms with Crippen LogP contribution in [-0.4, -0.2) is 48.3 Å². The minimum Gasteiger partial charge on any atom is -0.367 e. The molecule has 1 saturated heterocycles. The lowest BCUT2D eigenvalue weighted by molar-refractivity contribution is 0.585. The molecule has 7 nitrogen and oxygen atoms in total. The van der Waals surface area contributed by atoms with Crippen LogP contribution in [0.15, 0.2) is 53.8 Å². The maximum absolute atomic E-state index is 13.5. The molecule has 3 heterocycles. The molecule has 150 valence electrons. The fraction of sp³-hybridized carbons (Fsp3) is 0.286. The van der Waals surface area contributed by atoms with Crippen molar-refractivity contribution in [1.82, 2.24) is 19.1 Å². The zero-order valence-corrected chi connectivity index (χ0v) is 17.3. The molecular weight excluding hydrogens is 386 g/mol. The molecule has 1 aromatic carbocycles. The van der Waals surface area contributed by atoms with Crippen molar-refractivity contribution in [2.24, 2.45) is 7.05 Å². The topological polar surface area (TPSA) is 72.2 Å². The van der Waals surface area contributed by atoms with Crippen LogP contribution >= 0.6 is 0 Å². The molecule has 2 aromatic heterocycles. The van der Waals surface area contributed by atoms with Gasteiger partial charge in [-0.15, -0.1) is 5.92 Å². The van der Waals surface area contributed by atoms with Gasteiger partial charge in [0.05, 0.1) is 28.0 Å². The number of aryl methyl sites for hydroxylation is 1. The first-order chi connectivity index (χ1) is 14.0. The maximum atomic E-state index is 13.5. The summed E-state index contributed by atoms with van der Waals surface area (Å²) in [5, 5.41) is 7.58. The number of nitrogens with zero attached hydrogens (tertiary/aromatic N) is 4. The minimum absolute atomic E-state index is 0.239. The Labute approximate surface area is 171 Å². The van der Waals surface area contributed by atoms with Crippen molar-refractivity contribution in [1.29, 1.82) is 0 Å². The van der Waals surface area contributed by atoms with E-state index >= 15 is 0 Å². The third kappa shape index (κ3) is 3.55. The number of benzene rings is 1. The van der Waals surface area contributed by atoms with Gasteiger partial charge in [-0.3, -0.25) is 4.68 Å². The van der Waals surface area contributed by atoms with Gasteiger partial charge in [0.25, 0.3) is 10.0 Å². The third-order valence-electron chi connectivity index (χ3n) is 4.94. The van der Waals surface area contributed by atoms with Gasteiger partial charge in [0.1, 0.15) is 0 Å². The van der Waals surface area contributed by atoms with Gasteiger partial charge in [0.2, 0.25) is 0 Å². The van der Waals surface area contributed by atoms with E-state index in [9.17, 15) is 8.42 Å². The molecule has 3 aromatic rings. The Morgan fingerprint density at radius 2 is 1.83 bits per heavy atom. The minimum atomic E-state index is -3.80. The van der Waals surface area contributed by atoms with E-state index in [1.807, 2.05) is 13.2 Å². The number of hydrogen-bond donors (Lipinski definition) is 1. The standard InChI is InChI=1S/C21H23N5O2S/c1-3-7-19-20(25-12-10-22-11-13-25)16-26(21(19)17-14-23-24(2)15-17)29(27,28)18-8-5-4-6-9-18/h4-6,8-9,14-16,22H,10-13H2,1-2H3. The van der Waals surface area contributed by atoms with Crippen LogP contribution in [0.3, 0.4) is 0 Å². The van der Waals surface area contributed by atoms with E-state index in [2.05, 4.69) is 27.2 Å². The third-order valence-corrected chi connectivity index (χ3v) is 6.61. The largest absolute Gasteiger partial charge is 0.367 e. The van der Waals surface area contributed by atoms with E-state index in [1.165, 1.54) is 3.97 Å². The van der Waals surface area contributed by atoms with Crippen LogP contribution in [0.2, 0.25) is 0 Å². The van der Waals surface area contributed by atoms with Gasteiger partial charge in [0.15, 0.2) is 0 Å². The van der Waals surface area contributed by atoms with E-state index in [0.29, 0.717) is 16.8 Å². The van der Waals surface area contributed by atoms with Crippen molar-refractivity contribution >= 4 is 15.7 Å². The summed E-state index contributed by atoms with van der Waals surface area (Å²) in [4.78, 5) is 2.43. The molecule has 1 aliphatic rings. The van der Waals surface area contributed by atoms with E-state index in [4.69, 9.17) is 0 Å². The van der Waals surface area contributed by atoms with E-state index in [1.54, 1.807) is 54.3 Å². The number of hydrogen-bond acceptors (Lipinski definition) is 5. The van der Waals surface area contributed by atoms with Crippen LogP contribution in [-0.2, 0) is 17.1 Å². The molecule has 1 N–H and O–H groups in total. The zero-order valence-electron chi connectivity index (χ0n) is 16.5. The smallest absolute Gasteiger partial charge is 0.268 e. The zero-order chi connectivity index (χ0) is 20.4. The fourth-order valence-corrected chi connectivity index (χ4v) is 4.98. The molecule has 1 fully saturated rings. The van der Waals surface area contributed by atoms with Crippen LogP contribution in [0.25, 0.3) is 11.3 Å². The quantitative estimate of drug-likeness (QED) is 0.667. The molecule has 0 atom stereocenters. The van der Waals surface area contributed by atoms with Crippen LogP contribution in [0.5, 0.6) is 0 Å². The molecular formula is C21H23N5O2S. The van der Waals surface area contributed by atoms with E-state index < -0.39 is 10.0 Å².